The molecule has 11 nitrogen and oxygen atoms in total. The van der Waals surface area contributed by atoms with Crippen LogP contribution in [0.4, 0.5) is 0 Å². The lowest BCUT2D eigenvalue weighted by Crippen LogP contribution is -2.63. The van der Waals surface area contributed by atoms with Crippen molar-refractivity contribution >= 4 is 23.3 Å². The summed E-state index contributed by atoms with van der Waals surface area (Å²) in [7, 11) is 6.78. The number of allylic oxidation sites excluding steroid dienone is 1. The molecule has 0 fully saturated rings. The Balaban J connectivity index is 1.89. The summed E-state index contributed by atoms with van der Waals surface area (Å²) in [6.07, 6.45) is 0.226. The highest BCUT2D eigenvalue weighted by Gasteiger charge is 2.63. The molecule has 4 atom stereocenters. The van der Waals surface area contributed by atoms with Crippen LogP contribution >= 0.6 is 0 Å². The second-order valence-corrected chi connectivity index (χ2v) is 10.4. The molecule has 198 valence electrons. The van der Waals surface area contributed by atoms with Crippen molar-refractivity contribution in [1.29, 1.82) is 0 Å². The van der Waals surface area contributed by atoms with Crippen molar-refractivity contribution in [3.63, 3.8) is 0 Å². The number of ketones is 3. The van der Waals surface area contributed by atoms with Crippen molar-refractivity contribution < 1.29 is 39.6 Å². The van der Waals surface area contributed by atoms with Crippen molar-refractivity contribution in [1.82, 2.24) is 9.80 Å². The highest BCUT2D eigenvalue weighted by atomic mass is 16.3. The predicted molar refractivity (Wildman–Crippen MR) is 131 cm³/mol. The van der Waals surface area contributed by atoms with Crippen LogP contribution in [0.15, 0.2) is 34.8 Å². The smallest absolute Gasteiger partial charge is 0.255 e. The molecule has 11 heteroatoms. The molecule has 0 unspecified atom stereocenters. The number of carbonyl (C=O) groups is 4. The van der Waals surface area contributed by atoms with Crippen molar-refractivity contribution in [2.45, 2.75) is 30.9 Å². The number of hydrogen-bond acceptors (Lipinski definition) is 10. The van der Waals surface area contributed by atoms with E-state index in [0.29, 0.717) is 12.1 Å². The van der Waals surface area contributed by atoms with E-state index in [1.165, 1.54) is 17.0 Å². The number of likely N-dealkylation sites (N-methyl/N-ethyl adjacent to an activating group) is 1. The Morgan fingerprint density at radius 2 is 1.76 bits per heavy atom. The van der Waals surface area contributed by atoms with Gasteiger partial charge in [-0.3, -0.25) is 24.1 Å². The molecule has 0 spiro atoms. The van der Waals surface area contributed by atoms with Crippen LogP contribution in [0.3, 0.4) is 0 Å². The maximum absolute atomic E-state index is 13.7. The zero-order valence-electron chi connectivity index (χ0n) is 21.1. The van der Waals surface area contributed by atoms with Gasteiger partial charge < -0.3 is 31.1 Å². The van der Waals surface area contributed by atoms with Gasteiger partial charge in [-0.15, -0.1) is 0 Å². The van der Waals surface area contributed by atoms with Gasteiger partial charge in [0.2, 0.25) is 5.78 Å². The zero-order valence-corrected chi connectivity index (χ0v) is 21.1. The van der Waals surface area contributed by atoms with Gasteiger partial charge in [0, 0.05) is 30.0 Å². The van der Waals surface area contributed by atoms with Crippen LogP contribution in [-0.4, -0.2) is 99.9 Å². The number of aliphatic hydroxyl groups excluding tert-OH is 2. The first-order chi connectivity index (χ1) is 17.2. The molecule has 0 saturated carbocycles. The van der Waals surface area contributed by atoms with Gasteiger partial charge in [-0.25, -0.2) is 0 Å². The lowest BCUT2D eigenvalue weighted by atomic mass is 9.58. The summed E-state index contributed by atoms with van der Waals surface area (Å²) >= 11 is 0. The Labute approximate surface area is 213 Å². The topological polar surface area (TPSA) is 182 Å². The van der Waals surface area contributed by atoms with E-state index in [9.17, 15) is 39.6 Å². The average molecular weight is 514 g/mol. The fraction of sp³-hybridized carbons (Fsp3) is 0.462. The minimum atomic E-state index is -2.70. The molecule has 0 bridgehead atoms. The second kappa shape index (κ2) is 9.09. The van der Waals surface area contributed by atoms with Gasteiger partial charge in [-0.2, -0.15) is 0 Å². The van der Waals surface area contributed by atoms with Gasteiger partial charge in [-0.05, 0) is 64.6 Å². The van der Waals surface area contributed by atoms with Crippen LogP contribution in [0, 0.1) is 11.8 Å². The predicted octanol–water partition coefficient (Wildman–Crippen LogP) is 0.255. The van der Waals surface area contributed by atoms with Crippen LogP contribution in [0.5, 0.6) is 5.75 Å². The maximum atomic E-state index is 13.7. The summed E-state index contributed by atoms with van der Waals surface area (Å²) in [5.74, 6) is -7.41. The zero-order chi connectivity index (χ0) is 27.6. The molecule has 0 aliphatic heterocycles. The normalized spacial score (nSPS) is 27.4. The number of phenolic OH excluding ortho intramolecular Hbond substituents is 1. The summed E-state index contributed by atoms with van der Waals surface area (Å²) in [4.78, 5) is 55.3. The number of aliphatic hydroxyl groups is 3. The molecule has 0 saturated heterocycles. The highest BCUT2D eigenvalue weighted by Crippen LogP contribution is 2.52. The first kappa shape index (κ1) is 26.5. The molecule has 6 N–H and O–H groups in total. The molecule has 0 aromatic heterocycles. The molecule has 37 heavy (non-hydrogen) atoms. The van der Waals surface area contributed by atoms with Gasteiger partial charge in [-0.1, -0.05) is 0 Å². The number of rotatable bonds is 6. The third kappa shape index (κ3) is 3.85. The van der Waals surface area contributed by atoms with Crippen molar-refractivity contribution in [3.05, 3.63) is 51.5 Å². The molecule has 1 aromatic rings. The highest BCUT2D eigenvalue weighted by molar-refractivity contribution is 6.25. The van der Waals surface area contributed by atoms with E-state index in [1.807, 2.05) is 19.0 Å². The first-order valence-corrected chi connectivity index (χ1v) is 11.9. The molecule has 3 aliphatic carbocycles. The molecule has 0 radical (unpaired) electrons. The number of phenols is 1. The number of Topliss-reactive ketones (excluding diaryl/α,β-unsaturated/α-hetero) is 3. The number of nitrogens with zero attached hydrogens (tertiary/aromatic N) is 2. The minimum absolute atomic E-state index is 0.0350. The maximum Gasteiger partial charge on any atom is 0.255 e. The van der Waals surface area contributed by atoms with Crippen molar-refractivity contribution in [2.24, 2.45) is 17.6 Å². The van der Waals surface area contributed by atoms with Gasteiger partial charge in [0.25, 0.3) is 5.91 Å². The van der Waals surface area contributed by atoms with E-state index in [-0.39, 0.29) is 41.7 Å². The fourth-order valence-electron chi connectivity index (χ4n) is 5.97. The number of primary amides is 1. The third-order valence-electron chi connectivity index (χ3n) is 7.69. The summed E-state index contributed by atoms with van der Waals surface area (Å²) in [6, 6.07) is 1.63. The lowest BCUT2D eigenvalue weighted by Gasteiger charge is -2.50. The van der Waals surface area contributed by atoms with E-state index in [1.54, 1.807) is 14.1 Å². The largest absolute Gasteiger partial charge is 0.510 e. The van der Waals surface area contributed by atoms with Crippen molar-refractivity contribution in [2.75, 3.05) is 34.7 Å². The standard InChI is InChI=1S/C26H31N3O8/c1-28(2)8-7-15(30)12-5-6-16(31)18-13(12)9-11-10-14-20(29(3)4)22(33)19(25(27)36)24(35)26(14,37)23(34)17(11)21(18)32/h5-6,11,14,20,31,33-34,37H,7-10H2,1-4H3,(H2,27,36)/t11-,14-,20-,26-/m0/s1. The number of aromatic hydroxyl groups is 1. The molecule has 0 heterocycles. The Morgan fingerprint density at radius 3 is 2.32 bits per heavy atom. The number of hydrogen-bond donors (Lipinski definition) is 5. The summed E-state index contributed by atoms with van der Waals surface area (Å²) in [5, 5.41) is 44.3. The lowest BCUT2D eigenvalue weighted by molar-refractivity contribution is -0.148. The summed E-state index contributed by atoms with van der Waals surface area (Å²) < 4.78 is 0. The number of amides is 1. The molecular weight excluding hydrogens is 482 g/mol. The van der Waals surface area contributed by atoms with Crippen LogP contribution in [0.1, 0.15) is 39.1 Å². The third-order valence-corrected chi connectivity index (χ3v) is 7.69. The molecule has 1 aromatic carbocycles. The van der Waals surface area contributed by atoms with E-state index >= 15 is 0 Å². The van der Waals surface area contributed by atoms with Crippen LogP contribution in [0.2, 0.25) is 0 Å². The number of nitrogens with two attached hydrogens (primary N) is 1. The number of benzene rings is 1. The SMILES string of the molecule is CN(C)CCC(=O)c1ccc(O)c2c1C[C@H]1C[C@H]3[C@H](N(C)C)C(O)=C(C(N)=O)C(=O)[C@@]3(O)C(O)=C1C2=O. The van der Waals surface area contributed by atoms with E-state index in [2.05, 4.69) is 0 Å². The molecular formula is C26H31N3O8. The number of fused-ring (bicyclic) bond motifs is 3. The van der Waals surface area contributed by atoms with E-state index in [0.717, 1.165) is 0 Å². The summed E-state index contributed by atoms with van der Waals surface area (Å²) in [5.41, 5.74) is 1.97. The monoisotopic (exact) mass is 513 g/mol. The second-order valence-electron chi connectivity index (χ2n) is 10.4. The van der Waals surface area contributed by atoms with Crippen LogP contribution < -0.4 is 5.73 Å². The van der Waals surface area contributed by atoms with Gasteiger partial charge in [0.1, 0.15) is 22.8 Å². The van der Waals surface area contributed by atoms with E-state index < -0.39 is 63.8 Å². The Hall–Kier alpha value is -3.54. The van der Waals surface area contributed by atoms with E-state index in [4.69, 9.17) is 5.73 Å². The Kier molecular flexibility index (Phi) is 6.51. The molecule has 4 rings (SSSR count). The summed E-state index contributed by atoms with van der Waals surface area (Å²) in [6.45, 7) is 0.480. The van der Waals surface area contributed by atoms with Gasteiger partial charge in [0.05, 0.1) is 11.6 Å². The average Bonchev–Trinajstić information content (AvgIpc) is 2.79. The molecule has 3 aliphatic rings. The van der Waals surface area contributed by atoms with Gasteiger partial charge in [0.15, 0.2) is 17.2 Å². The number of carbonyl (C=O) groups excluding carboxylic acids is 4. The fourth-order valence-corrected chi connectivity index (χ4v) is 5.97. The van der Waals surface area contributed by atoms with Crippen molar-refractivity contribution in [3.8, 4) is 5.75 Å². The Morgan fingerprint density at radius 1 is 1.11 bits per heavy atom. The van der Waals surface area contributed by atoms with Crippen LogP contribution in [0.25, 0.3) is 0 Å². The van der Waals surface area contributed by atoms with Gasteiger partial charge >= 0.3 is 0 Å². The first-order valence-electron chi connectivity index (χ1n) is 11.9. The van der Waals surface area contributed by atoms with Crippen LogP contribution in [-0.2, 0) is 16.0 Å². The molecule has 1 amide bonds. The minimum Gasteiger partial charge on any atom is -0.510 e. The Bertz CT molecular complexity index is 1290. The quantitative estimate of drug-likeness (QED) is 0.261.